The summed E-state index contributed by atoms with van der Waals surface area (Å²) in [6.45, 7) is 6.58. The number of ether oxygens (including phenoxy) is 2. The molecule has 142 valence electrons. The highest BCUT2D eigenvalue weighted by molar-refractivity contribution is 9.10. The molecule has 2 aromatic heterocycles. The van der Waals surface area contributed by atoms with Gasteiger partial charge in [0, 0.05) is 43.4 Å². The van der Waals surface area contributed by atoms with Crippen molar-refractivity contribution in [3.05, 3.63) is 41.4 Å². The number of methoxy groups -OCH3 is 1. The summed E-state index contributed by atoms with van der Waals surface area (Å²) in [6, 6.07) is 6.09. The predicted molar refractivity (Wildman–Crippen MR) is 109 cm³/mol. The van der Waals surface area contributed by atoms with Gasteiger partial charge in [0.15, 0.2) is 11.5 Å². The van der Waals surface area contributed by atoms with Gasteiger partial charge in [0.25, 0.3) is 0 Å². The summed E-state index contributed by atoms with van der Waals surface area (Å²) < 4.78 is 14.1. The second-order valence-electron chi connectivity index (χ2n) is 7.11. The molecule has 4 rings (SSSR count). The number of hydrogen-bond acceptors (Lipinski definition) is 6. The average Bonchev–Trinajstić information content (AvgIpc) is 3.09. The average molecular weight is 432 g/mol. The molecule has 1 aliphatic rings. The van der Waals surface area contributed by atoms with E-state index in [2.05, 4.69) is 56.0 Å². The third-order valence-corrected chi connectivity index (χ3v) is 4.94. The van der Waals surface area contributed by atoms with E-state index in [-0.39, 0.29) is 5.60 Å². The highest BCUT2D eigenvalue weighted by Gasteiger charge is 2.28. The number of morpholine rings is 1. The van der Waals surface area contributed by atoms with Crippen LogP contribution in [0, 0.1) is 0 Å². The number of fused-ring (bicyclic) bond motifs is 1. The van der Waals surface area contributed by atoms with Gasteiger partial charge < -0.3 is 24.1 Å². The fourth-order valence-corrected chi connectivity index (χ4v) is 3.76. The van der Waals surface area contributed by atoms with Crippen molar-refractivity contribution in [2.45, 2.75) is 19.4 Å². The number of imidazole rings is 1. The van der Waals surface area contributed by atoms with E-state index in [4.69, 9.17) is 9.47 Å². The van der Waals surface area contributed by atoms with E-state index in [1.165, 1.54) is 0 Å². The molecule has 3 aromatic rings. The number of aromatic nitrogens is 3. The lowest BCUT2D eigenvalue weighted by Gasteiger charge is -2.39. The highest BCUT2D eigenvalue weighted by atomic mass is 79.9. The quantitative estimate of drug-likeness (QED) is 0.676. The Kier molecular flexibility index (Phi) is 4.69. The molecule has 3 heterocycles. The van der Waals surface area contributed by atoms with Crippen molar-refractivity contribution in [3.8, 4) is 5.75 Å². The SMILES string of the molecule is COc1cc(Nc2nc(Br)cn3ccnc23)ccc1N1CCOC(C)(C)C1. The summed E-state index contributed by atoms with van der Waals surface area (Å²) >= 11 is 3.44. The Labute approximate surface area is 166 Å². The highest BCUT2D eigenvalue weighted by Crippen LogP contribution is 2.35. The Morgan fingerprint density at radius 2 is 2.19 bits per heavy atom. The minimum atomic E-state index is -0.174. The molecule has 1 aliphatic heterocycles. The molecule has 1 aromatic carbocycles. The fourth-order valence-electron chi connectivity index (χ4n) is 3.36. The number of anilines is 3. The second-order valence-corrected chi connectivity index (χ2v) is 7.92. The number of benzene rings is 1. The first-order chi connectivity index (χ1) is 12.9. The molecule has 1 N–H and O–H groups in total. The van der Waals surface area contributed by atoms with Crippen molar-refractivity contribution in [2.24, 2.45) is 0 Å². The van der Waals surface area contributed by atoms with E-state index in [0.717, 1.165) is 40.5 Å². The van der Waals surface area contributed by atoms with Crippen LogP contribution in [0.15, 0.2) is 41.4 Å². The van der Waals surface area contributed by atoms with Crippen molar-refractivity contribution >= 4 is 38.8 Å². The van der Waals surface area contributed by atoms with Crippen LogP contribution in [0.4, 0.5) is 17.2 Å². The first kappa shape index (κ1) is 18.1. The summed E-state index contributed by atoms with van der Waals surface area (Å²) in [5.41, 5.74) is 2.54. The molecule has 7 nitrogen and oxygen atoms in total. The first-order valence-corrected chi connectivity index (χ1v) is 9.58. The molecule has 0 radical (unpaired) electrons. The summed E-state index contributed by atoms with van der Waals surface area (Å²) in [4.78, 5) is 11.2. The molecule has 0 amide bonds. The standard InChI is InChI=1S/C19H22BrN5O2/c1-19(2)12-25(8-9-27-19)14-5-4-13(10-15(14)26-3)22-17-18-21-6-7-24(18)11-16(20)23-17/h4-7,10-11H,8-9,12H2,1-3H3,(H,22,23). The van der Waals surface area contributed by atoms with Gasteiger partial charge in [-0.3, -0.25) is 0 Å². The van der Waals surface area contributed by atoms with Crippen LogP contribution in [0.5, 0.6) is 5.75 Å². The van der Waals surface area contributed by atoms with Crippen molar-refractivity contribution in [1.29, 1.82) is 0 Å². The zero-order valence-corrected chi connectivity index (χ0v) is 17.2. The van der Waals surface area contributed by atoms with Crippen LogP contribution in [0.2, 0.25) is 0 Å². The third kappa shape index (κ3) is 3.72. The Morgan fingerprint density at radius 3 is 2.96 bits per heavy atom. The smallest absolute Gasteiger partial charge is 0.180 e. The zero-order chi connectivity index (χ0) is 19.0. The lowest BCUT2D eigenvalue weighted by Crippen LogP contribution is -2.48. The molecule has 0 atom stereocenters. The van der Waals surface area contributed by atoms with Crippen molar-refractivity contribution < 1.29 is 9.47 Å². The second kappa shape index (κ2) is 7.01. The van der Waals surface area contributed by atoms with Crippen molar-refractivity contribution in [1.82, 2.24) is 14.4 Å². The Hall–Kier alpha value is -2.32. The minimum Gasteiger partial charge on any atom is -0.495 e. The largest absolute Gasteiger partial charge is 0.495 e. The van der Waals surface area contributed by atoms with E-state index >= 15 is 0 Å². The number of hydrogen-bond donors (Lipinski definition) is 1. The summed E-state index contributed by atoms with van der Waals surface area (Å²) in [5.74, 6) is 1.49. The molecule has 1 fully saturated rings. The number of halogens is 1. The van der Waals surface area contributed by atoms with Gasteiger partial charge in [0.2, 0.25) is 0 Å². The molecule has 0 saturated carbocycles. The molecule has 0 bridgehead atoms. The maximum absolute atomic E-state index is 5.82. The van der Waals surface area contributed by atoms with Crippen LogP contribution in [-0.2, 0) is 4.74 Å². The predicted octanol–water partition coefficient (Wildman–Crippen LogP) is 3.86. The molecule has 0 aliphatic carbocycles. The lowest BCUT2D eigenvalue weighted by atomic mass is 10.1. The summed E-state index contributed by atoms with van der Waals surface area (Å²) in [6.07, 6.45) is 5.51. The van der Waals surface area contributed by atoms with Gasteiger partial charge in [-0.1, -0.05) is 0 Å². The van der Waals surface area contributed by atoms with Gasteiger partial charge in [0.1, 0.15) is 10.4 Å². The van der Waals surface area contributed by atoms with Crippen LogP contribution < -0.4 is 15.0 Å². The zero-order valence-electron chi connectivity index (χ0n) is 15.6. The van der Waals surface area contributed by atoms with Crippen LogP contribution in [0.3, 0.4) is 0 Å². The maximum atomic E-state index is 5.82. The maximum Gasteiger partial charge on any atom is 0.180 e. The van der Waals surface area contributed by atoms with Gasteiger partial charge in [-0.05, 0) is 41.9 Å². The van der Waals surface area contributed by atoms with Gasteiger partial charge in [-0.15, -0.1) is 0 Å². The normalized spacial score (nSPS) is 16.5. The van der Waals surface area contributed by atoms with Gasteiger partial charge in [-0.2, -0.15) is 0 Å². The topological polar surface area (TPSA) is 63.9 Å². The van der Waals surface area contributed by atoms with E-state index < -0.39 is 0 Å². The molecule has 0 spiro atoms. The summed E-state index contributed by atoms with van der Waals surface area (Å²) in [7, 11) is 1.69. The Bertz CT molecular complexity index is 972. The van der Waals surface area contributed by atoms with Crippen molar-refractivity contribution in [2.75, 3.05) is 37.0 Å². The lowest BCUT2D eigenvalue weighted by molar-refractivity contribution is -0.0277. The molecule has 1 saturated heterocycles. The van der Waals surface area contributed by atoms with E-state index in [0.29, 0.717) is 12.4 Å². The van der Waals surface area contributed by atoms with E-state index in [1.807, 2.05) is 28.9 Å². The minimum absolute atomic E-state index is 0.174. The molecule has 0 unspecified atom stereocenters. The number of nitrogens with zero attached hydrogens (tertiary/aromatic N) is 4. The van der Waals surface area contributed by atoms with Gasteiger partial charge in [0.05, 0.1) is 25.0 Å². The van der Waals surface area contributed by atoms with Crippen molar-refractivity contribution in [3.63, 3.8) is 0 Å². The van der Waals surface area contributed by atoms with Crippen LogP contribution >= 0.6 is 15.9 Å². The molecular formula is C19H22BrN5O2. The number of nitrogens with one attached hydrogen (secondary N) is 1. The van der Waals surface area contributed by atoms with E-state index in [1.54, 1.807) is 13.3 Å². The molecule has 8 heteroatoms. The first-order valence-electron chi connectivity index (χ1n) is 8.78. The van der Waals surface area contributed by atoms with E-state index in [9.17, 15) is 0 Å². The Morgan fingerprint density at radius 1 is 1.33 bits per heavy atom. The van der Waals surface area contributed by atoms with Crippen LogP contribution in [-0.4, -0.2) is 46.8 Å². The monoisotopic (exact) mass is 431 g/mol. The van der Waals surface area contributed by atoms with Gasteiger partial charge >= 0.3 is 0 Å². The van der Waals surface area contributed by atoms with Crippen LogP contribution in [0.1, 0.15) is 13.8 Å². The van der Waals surface area contributed by atoms with Crippen LogP contribution in [0.25, 0.3) is 5.65 Å². The summed E-state index contributed by atoms with van der Waals surface area (Å²) in [5, 5.41) is 3.35. The third-order valence-electron chi connectivity index (χ3n) is 4.55. The number of rotatable bonds is 4. The van der Waals surface area contributed by atoms with Gasteiger partial charge in [-0.25, -0.2) is 9.97 Å². The molecular weight excluding hydrogens is 410 g/mol. The Balaban J connectivity index is 1.64. The molecule has 27 heavy (non-hydrogen) atoms. The fraction of sp³-hybridized carbons (Fsp3) is 0.368.